The second-order valence-corrected chi connectivity index (χ2v) is 9.28. The van der Waals surface area contributed by atoms with Gasteiger partial charge in [0.2, 0.25) is 0 Å². The predicted octanol–water partition coefficient (Wildman–Crippen LogP) is 4.61. The molecule has 3 N–H and O–H groups in total. The molecular weight excluding hydrogens is 498 g/mol. The quantitative estimate of drug-likeness (QED) is 0.452. The number of Topliss-reactive ketones (excluding diaryl/α,β-unsaturated/α-hetero) is 1. The van der Waals surface area contributed by atoms with Gasteiger partial charge in [-0.25, -0.2) is 0 Å². The van der Waals surface area contributed by atoms with Crippen LogP contribution in [0, 0.1) is 5.41 Å². The number of phenols is 1. The third kappa shape index (κ3) is 5.27. The Bertz CT molecular complexity index is 1120. The third-order valence-corrected chi connectivity index (χ3v) is 5.94. The van der Waals surface area contributed by atoms with Gasteiger partial charge in [0, 0.05) is 30.3 Å². The fraction of sp³-hybridized carbons (Fsp3) is 0.423. The standard InChI is InChI=1S/C26H33N3O4.BrH/c1-7-15-9-16(10-20(23(15)31)26(3,4)5)21(30)14-29-13-17-11-22(33-8-2)19(25(32)28-6)12-18(17)24(29)27;/h9-12,27,31H,7-8,13-14H2,1-6H3,(H,28,32);1H. The van der Waals surface area contributed by atoms with E-state index < -0.39 is 0 Å². The molecule has 0 radical (unpaired) electrons. The summed E-state index contributed by atoms with van der Waals surface area (Å²) >= 11 is 0. The van der Waals surface area contributed by atoms with Gasteiger partial charge in [-0.2, -0.15) is 0 Å². The molecule has 1 aliphatic heterocycles. The van der Waals surface area contributed by atoms with Gasteiger partial charge in [-0.05, 0) is 54.2 Å². The Morgan fingerprint density at radius 1 is 1.18 bits per heavy atom. The summed E-state index contributed by atoms with van der Waals surface area (Å²) in [6, 6.07) is 6.96. The number of ketones is 1. The molecule has 2 aromatic carbocycles. The molecule has 8 heteroatoms. The zero-order valence-electron chi connectivity index (χ0n) is 20.7. The Hall–Kier alpha value is -2.87. The first-order chi connectivity index (χ1) is 15.5. The van der Waals surface area contributed by atoms with Crippen molar-refractivity contribution in [1.82, 2.24) is 10.2 Å². The van der Waals surface area contributed by atoms with Crippen LogP contribution in [0.25, 0.3) is 0 Å². The van der Waals surface area contributed by atoms with Crippen LogP contribution >= 0.6 is 17.0 Å². The maximum Gasteiger partial charge on any atom is 0.254 e. The maximum absolute atomic E-state index is 13.2. The lowest BCUT2D eigenvalue weighted by Crippen LogP contribution is -2.30. The maximum atomic E-state index is 13.2. The molecule has 7 nitrogen and oxygen atoms in total. The summed E-state index contributed by atoms with van der Waals surface area (Å²) in [7, 11) is 1.55. The normalized spacial score (nSPS) is 12.8. The first-order valence-electron chi connectivity index (χ1n) is 11.3. The fourth-order valence-electron chi connectivity index (χ4n) is 4.11. The van der Waals surface area contributed by atoms with E-state index in [0.29, 0.717) is 42.0 Å². The van der Waals surface area contributed by atoms with Crippen molar-refractivity contribution >= 4 is 34.5 Å². The van der Waals surface area contributed by atoms with Crippen LogP contribution in [-0.4, -0.2) is 47.7 Å². The van der Waals surface area contributed by atoms with E-state index in [1.54, 1.807) is 36.2 Å². The molecular formula is C26H34BrN3O4. The summed E-state index contributed by atoms with van der Waals surface area (Å²) in [5.74, 6) is 0.515. The monoisotopic (exact) mass is 531 g/mol. The first kappa shape index (κ1) is 27.4. The molecule has 0 saturated carbocycles. The van der Waals surface area contributed by atoms with Crippen LogP contribution in [0.4, 0.5) is 0 Å². The number of benzene rings is 2. The molecule has 1 amide bonds. The number of aromatic hydroxyl groups is 1. The average molecular weight is 532 g/mol. The van der Waals surface area contributed by atoms with Crippen LogP contribution in [0.3, 0.4) is 0 Å². The number of hydrogen-bond acceptors (Lipinski definition) is 5. The molecule has 0 aliphatic carbocycles. The molecule has 34 heavy (non-hydrogen) atoms. The van der Waals surface area contributed by atoms with Gasteiger partial charge in [0.05, 0.1) is 18.7 Å². The molecule has 0 fully saturated rings. The van der Waals surface area contributed by atoms with Gasteiger partial charge in [0.15, 0.2) is 5.78 Å². The SMILES string of the molecule is Br.CCOc1cc2c(cc1C(=O)NC)C(=N)N(CC(=O)c1cc(CC)c(O)c(C(C)(C)C)c1)C2. The molecule has 0 aromatic heterocycles. The zero-order chi connectivity index (χ0) is 24.5. The van der Waals surface area contributed by atoms with Crippen molar-refractivity contribution in [2.45, 2.75) is 53.0 Å². The molecule has 0 atom stereocenters. The van der Waals surface area contributed by atoms with Crippen molar-refractivity contribution in [3.63, 3.8) is 0 Å². The summed E-state index contributed by atoms with van der Waals surface area (Å²) in [5.41, 5.74) is 3.53. The minimum atomic E-state index is -0.313. The van der Waals surface area contributed by atoms with Gasteiger partial charge in [-0.1, -0.05) is 27.7 Å². The number of halogens is 1. The van der Waals surface area contributed by atoms with E-state index in [9.17, 15) is 14.7 Å². The number of carbonyl (C=O) groups is 2. The smallest absolute Gasteiger partial charge is 0.254 e. The molecule has 0 bridgehead atoms. The Balaban J connectivity index is 0.00000408. The van der Waals surface area contributed by atoms with E-state index in [-0.39, 0.29) is 52.2 Å². The number of nitrogens with zero attached hydrogens (tertiary/aromatic N) is 1. The van der Waals surface area contributed by atoms with Gasteiger partial charge < -0.3 is 20.1 Å². The van der Waals surface area contributed by atoms with E-state index >= 15 is 0 Å². The average Bonchev–Trinajstić information content (AvgIpc) is 3.06. The summed E-state index contributed by atoms with van der Waals surface area (Å²) < 4.78 is 5.65. The number of rotatable bonds is 7. The summed E-state index contributed by atoms with van der Waals surface area (Å²) in [6.07, 6.45) is 0.615. The molecule has 184 valence electrons. The van der Waals surface area contributed by atoms with Gasteiger partial charge in [0.25, 0.3) is 5.91 Å². The molecule has 2 aromatic rings. The second-order valence-electron chi connectivity index (χ2n) is 9.28. The molecule has 0 saturated heterocycles. The highest BCUT2D eigenvalue weighted by atomic mass is 79.9. The molecule has 1 aliphatic rings. The largest absolute Gasteiger partial charge is 0.507 e. The lowest BCUT2D eigenvalue weighted by molar-refractivity contribution is 0.0953. The van der Waals surface area contributed by atoms with Gasteiger partial charge in [0.1, 0.15) is 17.3 Å². The molecule has 0 unspecified atom stereocenters. The lowest BCUT2D eigenvalue weighted by atomic mass is 9.83. The molecule has 3 rings (SSSR count). The highest BCUT2D eigenvalue weighted by molar-refractivity contribution is 8.93. The number of nitrogens with one attached hydrogen (secondary N) is 2. The van der Waals surface area contributed by atoms with Crippen LogP contribution in [0.5, 0.6) is 11.5 Å². The second kappa shape index (κ2) is 10.6. The first-order valence-corrected chi connectivity index (χ1v) is 11.3. The topological polar surface area (TPSA) is 103 Å². The Morgan fingerprint density at radius 3 is 2.41 bits per heavy atom. The summed E-state index contributed by atoms with van der Waals surface area (Å²) in [6.45, 7) is 10.6. The van der Waals surface area contributed by atoms with Gasteiger partial charge in [-0.15, -0.1) is 17.0 Å². The highest BCUT2D eigenvalue weighted by Crippen LogP contribution is 2.35. The van der Waals surface area contributed by atoms with Crippen LogP contribution in [0.2, 0.25) is 0 Å². The number of carbonyl (C=O) groups excluding carboxylic acids is 2. The summed E-state index contributed by atoms with van der Waals surface area (Å²) in [4.78, 5) is 27.2. The van der Waals surface area contributed by atoms with E-state index in [0.717, 1.165) is 16.7 Å². The van der Waals surface area contributed by atoms with Crippen LogP contribution in [-0.2, 0) is 18.4 Å². The molecule has 1 heterocycles. The Labute approximate surface area is 211 Å². The predicted molar refractivity (Wildman–Crippen MR) is 139 cm³/mol. The minimum absolute atomic E-state index is 0. The van der Waals surface area contributed by atoms with Crippen LogP contribution < -0.4 is 10.1 Å². The van der Waals surface area contributed by atoms with E-state index in [2.05, 4.69) is 5.32 Å². The molecule has 0 spiro atoms. The number of fused-ring (bicyclic) bond motifs is 1. The number of ether oxygens (including phenoxy) is 1. The fourth-order valence-corrected chi connectivity index (χ4v) is 4.11. The third-order valence-electron chi connectivity index (χ3n) is 5.94. The highest BCUT2D eigenvalue weighted by Gasteiger charge is 2.30. The van der Waals surface area contributed by atoms with Crippen molar-refractivity contribution in [2.24, 2.45) is 0 Å². The van der Waals surface area contributed by atoms with E-state index in [1.807, 2.05) is 34.6 Å². The van der Waals surface area contributed by atoms with Gasteiger partial charge >= 0.3 is 0 Å². The number of aryl methyl sites for hydroxylation is 1. The van der Waals surface area contributed by atoms with Crippen LogP contribution in [0.15, 0.2) is 24.3 Å². The number of hydrogen-bond donors (Lipinski definition) is 3. The van der Waals surface area contributed by atoms with Crippen molar-refractivity contribution in [3.8, 4) is 11.5 Å². The number of amides is 1. The summed E-state index contributed by atoms with van der Waals surface area (Å²) in [5, 5.41) is 21.9. The van der Waals surface area contributed by atoms with E-state index in [4.69, 9.17) is 10.1 Å². The van der Waals surface area contributed by atoms with Gasteiger partial charge in [-0.3, -0.25) is 15.0 Å². The minimum Gasteiger partial charge on any atom is -0.507 e. The van der Waals surface area contributed by atoms with Crippen molar-refractivity contribution in [3.05, 3.63) is 57.6 Å². The Morgan fingerprint density at radius 2 is 1.85 bits per heavy atom. The van der Waals surface area contributed by atoms with Crippen LogP contribution in [0.1, 0.15) is 77.6 Å². The zero-order valence-corrected chi connectivity index (χ0v) is 22.4. The number of phenolic OH excluding ortho intramolecular Hbond substituents is 1. The van der Waals surface area contributed by atoms with Crippen molar-refractivity contribution in [2.75, 3.05) is 20.2 Å². The number of amidine groups is 1. The lowest BCUT2D eigenvalue weighted by Gasteiger charge is -2.24. The van der Waals surface area contributed by atoms with Crippen molar-refractivity contribution in [1.29, 1.82) is 5.41 Å². The Kier molecular flexibility index (Phi) is 8.53. The van der Waals surface area contributed by atoms with E-state index in [1.165, 1.54) is 0 Å². The van der Waals surface area contributed by atoms with Crippen molar-refractivity contribution < 1.29 is 19.4 Å².